The first kappa shape index (κ1) is 16.8. The lowest BCUT2D eigenvalue weighted by Crippen LogP contribution is -2.46. The van der Waals surface area contributed by atoms with Gasteiger partial charge in [-0.05, 0) is 30.2 Å². The number of urea groups is 1. The first-order valence-corrected chi connectivity index (χ1v) is 6.92. The fourth-order valence-corrected chi connectivity index (χ4v) is 1.83. The van der Waals surface area contributed by atoms with Crippen molar-refractivity contribution in [1.82, 2.24) is 5.32 Å². The van der Waals surface area contributed by atoms with E-state index >= 15 is 0 Å². The molecule has 6 heteroatoms. The van der Waals surface area contributed by atoms with Crippen LogP contribution in [0.25, 0.3) is 0 Å². The van der Waals surface area contributed by atoms with Crippen molar-refractivity contribution in [3.05, 3.63) is 24.3 Å². The molecule has 0 heterocycles. The Morgan fingerprint density at radius 2 is 1.81 bits per heavy atom. The molecule has 0 saturated carbocycles. The lowest BCUT2D eigenvalue weighted by atomic mass is 9.99. The van der Waals surface area contributed by atoms with Gasteiger partial charge in [-0.2, -0.15) is 0 Å². The maximum Gasteiger partial charge on any atom is 0.326 e. The highest BCUT2D eigenvalue weighted by atomic mass is 16.4. The number of nitrogens with zero attached hydrogens (tertiary/aromatic N) is 1. The molecule has 1 aromatic carbocycles. The number of hydrogen-bond donors (Lipinski definition) is 3. The Labute approximate surface area is 125 Å². The summed E-state index contributed by atoms with van der Waals surface area (Å²) in [7, 11) is 3.86. The number of carboxylic acids is 1. The third-order valence-electron chi connectivity index (χ3n) is 3.41. The van der Waals surface area contributed by atoms with Crippen molar-refractivity contribution in [2.45, 2.75) is 26.3 Å². The summed E-state index contributed by atoms with van der Waals surface area (Å²) in [4.78, 5) is 25.0. The number of carbonyl (C=O) groups excluding carboxylic acids is 1. The molecule has 3 N–H and O–H groups in total. The minimum Gasteiger partial charge on any atom is -0.480 e. The molecule has 0 spiro atoms. The van der Waals surface area contributed by atoms with Crippen molar-refractivity contribution < 1.29 is 14.7 Å². The number of anilines is 2. The van der Waals surface area contributed by atoms with E-state index in [1.807, 2.05) is 38.1 Å². The largest absolute Gasteiger partial charge is 0.480 e. The molecule has 0 aliphatic carbocycles. The summed E-state index contributed by atoms with van der Waals surface area (Å²) < 4.78 is 0. The lowest BCUT2D eigenvalue weighted by molar-refractivity contribution is -0.140. The van der Waals surface area contributed by atoms with Gasteiger partial charge in [-0.1, -0.05) is 20.3 Å². The van der Waals surface area contributed by atoms with Crippen molar-refractivity contribution in [2.75, 3.05) is 24.3 Å². The summed E-state index contributed by atoms with van der Waals surface area (Å²) in [5.74, 6) is -1.16. The maximum atomic E-state index is 11.9. The van der Waals surface area contributed by atoms with Crippen molar-refractivity contribution >= 4 is 23.4 Å². The van der Waals surface area contributed by atoms with E-state index in [1.54, 1.807) is 19.1 Å². The van der Waals surface area contributed by atoms with E-state index < -0.39 is 18.0 Å². The quantitative estimate of drug-likeness (QED) is 0.752. The highest BCUT2D eigenvalue weighted by Gasteiger charge is 2.25. The van der Waals surface area contributed by atoms with Gasteiger partial charge < -0.3 is 20.6 Å². The van der Waals surface area contributed by atoms with Gasteiger partial charge in [0.05, 0.1) is 0 Å². The molecule has 6 nitrogen and oxygen atoms in total. The Bertz CT molecular complexity index is 485. The third kappa shape index (κ3) is 4.98. The predicted molar refractivity (Wildman–Crippen MR) is 83.8 cm³/mol. The molecule has 21 heavy (non-hydrogen) atoms. The van der Waals surface area contributed by atoms with Gasteiger partial charge in [0.15, 0.2) is 0 Å². The summed E-state index contributed by atoms with van der Waals surface area (Å²) in [6.07, 6.45) is 0.675. The van der Waals surface area contributed by atoms with Crippen LogP contribution in [0.2, 0.25) is 0 Å². The van der Waals surface area contributed by atoms with Gasteiger partial charge in [0, 0.05) is 25.5 Å². The van der Waals surface area contributed by atoms with E-state index in [-0.39, 0.29) is 5.92 Å². The van der Waals surface area contributed by atoms with Crippen molar-refractivity contribution in [1.29, 1.82) is 0 Å². The van der Waals surface area contributed by atoms with Crippen LogP contribution in [0.1, 0.15) is 20.3 Å². The molecular formula is C15H23N3O3. The summed E-state index contributed by atoms with van der Waals surface area (Å²) >= 11 is 0. The van der Waals surface area contributed by atoms with E-state index in [4.69, 9.17) is 5.11 Å². The van der Waals surface area contributed by atoms with Crippen LogP contribution in [-0.4, -0.2) is 37.2 Å². The first-order chi connectivity index (χ1) is 9.85. The Kier molecular flexibility index (Phi) is 6.02. The highest BCUT2D eigenvalue weighted by molar-refractivity contribution is 5.92. The molecule has 0 radical (unpaired) electrons. The second kappa shape index (κ2) is 7.52. The summed E-state index contributed by atoms with van der Waals surface area (Å²) in [5, 5.41) is 14.3. The van der Waals surface area contributed by atoms with Crippen molar-refractivity contribution in [3.8, 4) is 0 Å². The van der Waals surface area contributed by atoms with Gasteiger partial charge in [-0.25, -0.2) is 9.59 Å². The fraction of sp³-hybridized carbons (Fsp3) is 0.467. The van der Waals surface area contributed by atoms with Crippen LogP contribution in [-0.2, 0) is 4.79 Å². The number of rotatable bonds is 6. The number of nitrogens with one attached hydrogen (secondary N) is 2. The molecule has 0 fully saturated rings. The van der Waals surface area contributed by atoms with Crippen LogP contribution in [0.15, 0.2) is 24.3 Å². The fourth-order valence-electron chi connectivity index (χ4n) is 1.83. The number of benzene rings is 1. The topological polar surface area (TPSA) is 81.7 Å². The van der Waals surface area contributed by atoms with Crippen LogP contribution in [0, 0.1) is 5.92 Å². The van der Waals surface area contributed by atoms with Crippen LogP contribution in [0.3, 0.4) is 0 Å². The molecule has 116 valence electrons. The number of amides is 2. The van der Waals surface area contributed by atoms with Crippen LogP contribution >= 0.6 is 0 Å². The van der Waals surface area contributed by atoms with E-state index in [0.717, 1.165) is 5.69 Å². The van der Waals surface area contributed by atoms with Gasteiger partial charge in [-0.3, -0.25) is 0 Å². The minimum absolute atomic E-state index is 0.135. The van der Waals surface area contributed by atoms with E-state index in [1.165, 1.54) is 0 Å². The van der Waals surface area contributed by atoms with Gasteiger partial charge in [0.25, 0.3) is 0 Å². The molecule has 0 bridgehead atoms. The molecule has 2 atom stereocenters. The molecular weight excluding hydrogens is 270 g/mol. The molecule has 0 aliphatic heterocycles. The average molecular weight is 293 g/mol. The van der Waals surface area contributed by atoms with Gasteiger partial charge in [-0.15, -0.1) is 0 Å². The van der Waals surface area contributed by atoms with Gasteiger partial charge >= 0.3 is 12.0 Å². The smallest absolute Gasteiger partial charge is 0.326 e. The monoisotopic (exact) mass is 293 g/mol. The third-order valence-corrected chi connectivity index (χ3v) is 3.41. The number of carboxylic acid groups (broad SMARTS) is 1. The maximum absolute atomic E-state index is 11.9. The Morgan fingerprint density at radius 1 is 1.24 bits per heavy atom. The van der Waals surface area contributed by atoms with Gasteiger partial charge in [0.2, 0.25) is 0 Å². The second-order valence-electron chi connectivity index (χ2n) is 5.24. The van der Waals surface area contributed by atoms with Crippen molar-refractivity contribution in [2.24, 2.45) is 5.92 Å². The molecule has 0 aromatic heterocycles. The predicted octanol–water partition coefficient (Wildman–Crippen LogP) is 2.37. The average Bonchev–Trinajstić information content (AvgIpc) is 2.44. The standard InChI is InChI=1S/C15H23N3O3/c1-5-10(2)13(14(19)20)17-15(21)16-11-6-8-12(9-7-11)18(3)4/h6-10,13H,5H2,1-4H3,(H,19,20)(H2,16,17,21). The zero-order valence-corrected chi connectivity index (χ0v) is 12.9. The molecule has 2 amide bonds. The normalized spacial score (nSPS) is 13.1. The summed E-state index contributed by atoms with van der Waals surface area (Å²) in [6.45, 7) is 3.69. The van der Waals surface area contributed by atoms with Crippen LogP contribution < -0.4 is 15.5 Å². The minimum atomic E-state index is -1.03. The zero-order chi connectivity index (χ0) is 16.0. The number of hydrogen-bond acceptors (Lipinski definition) is 3. The zero-order valence-electron chi connectivity index (χ0n) is 12.9. The van der Waals surface area contributed by atoms with E-state index in [2.05, 4.69) is 10.6 Å². The molecule has 0 aliphatic rings. The molecule has 2 unspecified atom stereocenters. The number of carbonyl (C=O) groups is 2. The lowest BCUT2D eigenvalue weighted by Gasteiger charge is -2.20. The number of aliphatic carboxylic acids is 1. The van der Waals surface area contributed by atoms with Crippen LogP contribution in [0.5, 0.6) is 0 Å². The second-order valence-corrected chi connectivity index (χ2v) is 5.24. The molecule has 1 rings (SSSR count). The van der Waals surface area contributed by atoms with Crippen LogP contribution in [0.4, 0.5) is 16.2 Å². The summed E-state index contributed by atoms with van der Waals surface area (Å²) in [5.41, 5.74) is 1.63. The van der Waals surface area contributed by atoms with Gasteiger partial charge in [0.1, 0.15) is 6.04 Å². The van der Waals surface area contributed by atoms with E-state index in [9.17, 15) is 9.59 Å². The molecule has 1 aromatic rings. The SMILES string of the molecule is CCC(C)C(NC(=O)Nc1ccc(N(C)C)cc1)C(=O)O. The Hall–Kier alpha value is -2.24. The highest BCUT2D eigenvalue weighted by Crippen LogP contribution is 2.15. The Balaban J connectivity index is 2.65. The Morgan fingerprint density at radius 3 is 2.24 bits per heavy atom. The van der Waals surface area contributed by atoms with Crippen molar-refractivity contribution in [3.63, 3.8) is 0 Å². The first-order valence-electron chi connectivity index (χ1n) is 6.92. The summed E-state index contributed by atoms with van der Waals surface area (Å²) in [6, 6.07) is 5.89. The molecule has 0 saturated heterocycles. The van der Waals surface area contributed by atoms with E-state index in [0.29, 0.717) is 12.1 Å².